The number of carbonyl (C=O) groups excluding carboxylic acids is 3. The Morgan fingerprint density at radius 3 is 2.33 bits per heavy atom. The van der Waals surface area contributed by atoms with Gasteiger partial charge in [-0.05, 0) is 35.2 Å². The quantitative estimate of drug-likeness (QED) is 0.850. The van der Waals surface area contributed by atoms with Gasteiger partial charge in [-0.15, -0.1) is 0 Å². The van der Waals surface area contributed by atoms with Crippen molar-refractivity contribution in [2.75, 3.05) is 5.32 Å². The fraction of sp³-hybridized carbons (Fsp3) is 0.211. The summed E-state index contributed by atoms with van der Waals surface area (Å²) in [5.74, 6) is -0.557. The Labute approximate surface area is 140 Å². The van der Waals surface area contributed by atoms with Gasteiger partial charge < -0.3 is 5.32 Å². The second-order valence-electron chi connectivity index (χ2n) is 6.16. The Balaban J connectivity index is 1.68. The molecule has 0 unspecified atom stereocenters. The average molecular weight is 322 g/mol. The van der Waals surface area contributed by atoms with Crippen LogP contribution in [0.4, 0.5) is 5.69 Å². The van der Waals surface area contributed by atoms with Crippen LogP contribution in [0.2, 0.25) is 0 Å². The van der Waals surface area contributed by atoms with E-state index in [1.807, 2.05) is 24.3 Å². The van der Waals surface area contributed by atoms with Gasteiger partial charge >= 0.3 is 0 Å². The molecule has 3 amide bonds. The maximum absolute atomic E-state index is 12.2. The van der Waals surface area contributed by atoms with Crippen molar-refractivity contribution < 1.29 is 14.4 Å². The standard InChI is InChI=1S/C19H18N2O3/c1-11(2)13-5-3-12(4-6-13)9-17(22)20-14-7-8-15-16(10-14)19(24)21-18(15)23/h3-8,10-11H,9H2,1-2H3,(H,20,22)(H,21,23,24). The van der Waals surface area contributed by atoms with Crippen molar-refractivity contribution in [1.82, 2.24) is 5.32 Å². The van der Waals surface area contributed by atoms with Crippen LogP contribution in [0.3, 0.4) is 0 Å². The van der Waals surface area contributed by atoms with Crippen LogP contribution in [0.5, 0.6) is 0 Å². The fourth-order valence-electron chi connectivity index (χ4n) is 2.66. The lowest BCUT2D eigenvalue weighted by Gasteiger charge is -2.08. The highest BCUT2D eigenvalue weighted by atomic mass is 16.2. The van der Waals surface area contributed by atoms with Gasteiger partial charge in [-0.25, -0.2) is 0 Å². The summed E-state index contributed by atoms with van der Waals surface area (Å²) in [6, 6.07) is 12.6. The molecule has 0 atom stereocenters. The second kappa shape index (κ2) is 6.28. The number of fused-ring (bicyclic) bond motifs is 1. The van der Waals surface area contributed by atoms with Gasteiger partial charge in [0.05, 0.1) is 17.5 Å². The Morgan fingerprint density at radius 1 is 1.00 bits per heavy atom. The third kappa shape index (κ3) is 3.20. The Kier molecular flexibility index (Phi) is 4.16. The molecule has 2 aromatic carbocycles. The number of carbonyl (C=O) groups is 3. The summed E-state index contributed by atoms with van der Waals surface area (Å²) in [5.41, 5.74) is 3.28. The number of benzene rings is 2. The van der Waals surface area contributed by atoms with E-state index < -0.39 is 11.8 Å². The third-order valence-electron chi connectivity index (χ3n) is 4.03. The molecule has 0 fully saturated rings. The molecule has 3 rings (SSSR count). The van der Waals surface area contributed by atoms with E-state index in [1.165, 1.54) is 11.6 Å². The molecule has 0 saturated carbocycles. The van der Waals surface area contributed by atoms with Crippen molar-refractivity contribution in [3.63, 3.8) is 0 Å². The van der Waals surface area contributed by atoms with Gasteiger partial charge in [0, 0.05) is 5.69 Å². The van der Waals surface area contributed by atoms with Crippen LogP contribution >= 0.6 is 0 Å². The maximum atomic E-state index is 12.2. The molecule has 0 bridgehead atoms. The van der Waals surface area contributed by atoms with Crippen molar-refractivity contribution in [1.29, 1.82) is 0 Å². The predicted molar refractivity (Wildman–Crippen MR) is 91.1 cm³/mol. The number of anilines is 1. The lowest BCUT2D eigenvalue weighted by Crippen LogP contribution is -2.19. The first kappa shape index (κ1) is 15.9. The molecule has 24 heavy (non-hydrogen) atoms. The molecule has 0 saturated heterocycles. The number of nitrogens with one attached hydrogen (secondary N) is 2. The van der Waals surface area contributed by atoms with Crippen LogP contribution in [0.15, 0.2) is 42.5 Å². The number of rotatable bonds is 4. The van der Waals surface area contributed by atoms with Gasteiger partial charge in [0.1, 0.15) is 0 Å². The highest BCUT2D eigenvalue weighted by molar-refractivity contribution is 6.22. The summed E-state index contributed by atoms with van der Waals surface area (Å²) in [4.78, 5) is 35.3. The molecule has 0 aromatic heterocycles. The predicted octanol–water partition coefficient (Wildman–Crippen LogP) is 2.87. The van der Waals surface area contributed by atoms with E-state index in [4.69, 9.17) is 0 Å². The van der Waals surface area contributed by atoms with Gasteiger partial charge in [-0.2, -0.15) is 0 Å². The molecule has 5 heteroatoms. The zero-order valence-electron chi connectivity index (χ0n) is 13.6. The molecule has 0 radical (unpaired) electrons. The summed E-state index contributed by atoms with van der Waals surface area (Å²) >= 11 is 0. The first-order valence-electron chi connectivity index (χ1n) is 7.82. The molecule has 1 heterocycles. The molecule has 2 aromatic rings. The summed E-state index contributed by atoms with van der Waals surface area (Å²) in [7, 11) is 0. The summed E-state index contributed by atoms with van der Waals surface area (Å²) < 4.78 is 0. The van der Waals surface area contributed by atoms with Crippen LogP contribution in [0.1, 0.15) is 51.6 Å². The molecular formula is C19H18N2O3. The average Bonchev–Trinajstić information content (AvgIpc) is 2.82. The van der Waals surface area contributed by atoms with Crippen LogP contribution in [-0.4, -0.2) is 17.7 Å². The maximum Gasteiger partial charge on any atom is 0.259 e. The lowest BCUT2D eigenvalue weighted by atomic mass is 10.0. The molecule has 1 aliphatic heterocycles. The van der Waals surface area contributed by atoms with Crippen molar-refractivity contribution in [2.45, 2.75) is 26.2 Å². The van der Waals surface area contributed by atoms with Crippen LogP contribution < -0.4 is 10.6 Å². The van der Waals surface area contributed by atoms with E-state index in [1.54, 1.807) is 12.1 Å². The minimum Gasteiger partial charge on any atom is -0.326 e. The Hall–Kier alpha value is -2.95. The van der Waals surface area contributed by atoms with Gasteiger partial charge in [0.15, 0.2) is 0 Å². The molecule has 5 nitrogen and oxygen atoms in total. The molecule has 1 aliphatic rings. The van der Waals surface area contributed by atoms with Gasteiger partial charge in [-0.3, -0.25) is 19.7 Å². The first-order chi connectivity index (χ1) is 11.4. The summed E-state index contributed by atoms with van der Waals surface area (Å²) in [6.07, 6.45) is 0.251. The first-order valence-corrected chi connectivity index (χ1v) is 7.82. The molecular weight excluding hydrogens is 304 g/mol. The second-order valence-corrected chi connectivity index (χ2v) is 6.16. The number of imide groups is 1. The van der Waals surface area contributed by atoms with E-state index >= 15 is 0 Å². The van der Waals surface area contributed by atoms with Gasteiger partial charge in [0.25, 0.3) is 11.8 Å². The van der Waals surface area contributed by atoms with Gasteiger partial charge in [-0.1, -0.05) is 38.1 Å². The largest absolute Gasteiger partial charge is 0.326 e. The van der Waals surface area contributed by atoms with E-state index in [2.05, 4.69) is 24.5 Å². The van der Waals surface area contributed by atoms with E-state index in [-0.39, 0.29) is 12.3 Å². The van der Waals surface area contributed by atoms with Crippen LogP contribution in [0.25, 0.3) is 0 Å². The highest BCUT2D eigenvalue weighted by Crippen LogP contribution is 2.20. The van der Waals surface area contributed by atoms with Gasteiger partial charge in [0.2, 0.25) is 5.91 Å². The zero-order chi connectivity index (χ0) is 17.3. The minimum absolute atomic E-state index is 0.169. The number of hydrogen-bond donors (Lipinski definition) is 2. The molecule has 0 aliphatic carbocycles. The summed E-state index contributed by atoms with van der Waals surface area (Å²) in [5, 5.41) is 4.99. The molecule has 122 valence electrons. The lowest BCUT2D eigenvalue weighted by molar-refractivity contribution is -0.115. The smallest absolute Gasteiger partial charge is 0.259 e. The minimum atomic E-state index is -0.435. The molecule has 0 spiro atoms. The van der Waals surface area contributed by atoms with Crippen molar-refractivity contribution in [3.05, 3.63) is 64.7 Å². The van der Waals surface area contributed by atoms with Crippen LogP contribution in [0, 0.1) is 0 Å². The Bertz CT molecular complexity index is 823. The topological polar surface area (TPSA) is 75.3 Å². The van der Waals surface area contributed by atoms with Crippen molar-refractivity contribution in [2.24, 2.45) is 0 Å². The number of amides is 3. The van der Waals surface area contributed by atoms with E-state index in [0.29, 0.717) is 22.7 Å². The molecule has 2 N–H and O–H groups in total. The Morgan fingerprint density at radius 2 is 1.67 bits per heavy atom. The van der Waals surface area contributed by atoms with E-state index in [0.717, 1.165) is 5.56 Å². The fourth-order valence-corrected chi connectivity index (χ4v) is 2.66. The van der Waals surface area contributed by atoms with Crippen LogP contribution in [-0.2, 0) is 11.2 Å². The zero-order valence-corrected chi connectivity index (χ0v) is 13.6. The monoisotopic (exact) mass is 322 g/mol. The third-order valence-corrected chi connectivity index (χ3v) is 4.03. The van der Waals surface area contributed by atoms with E-state index in [9.17, 15) is 14.4 Å². The van der Waals surface area contributed by atoms with Crippen molar-refractivity contribution >= 4 is 23.4 Å². The number of hydrogen-bond acceptors (Lipinski definition) is 3. The highest BCUT2D eigenvalue weighted by Gasteiger charge is 2.26. The SMILES string of the molecule is CC(C)c1ccc(CC(=O)Nc2ccc3c(c2)C(=O)NC3=O)cc1. The summed E-state index contributed by atoms with van der Waals surface area (Å²) in [6.45, 7) is 4.24. The van der Waals surface area contributed by atoms with Crippen molar-refractivity contribution in [3.8, 4) is 0 Å². The normalized spacial score (nSPS) is 13.0.